The van der Waals surface area contributed by atoms with E-state index in [1.807, 2.05) is 0 Å². The van der Waals surface area contributed by atoms with E-state index in [-0.39, 0.29) is 32.7 Å². The molecule has 0 aromatic heterocycles. The molecule has 1 radical (unpaired) electrons. The van der Waals surface area contributed by atoms with E-state index in [4.69, 9.17) is 0 Å². The molecule has 1 fully saturated rings. The number of hydrogen-bond donors (Lipinski definition) is 0. The molecule has 1 aliphatic heterocycles. The van der Waals surface area contributed by atoms with Gasteiger partial charge in [-0.2, -0.15) is 0 Å². The second-order valence-electron chi connectivity index (χ2n) is 2.40. The molecule has 2 heteroatoms. The van der Waals surface area contributed by atoms with Gasteiger partial charge in [0.2, 0.25) is 0 Å². The van der Waals surface area contributed by atoms with Crippen LogP contribution in [0.2, 0.25) is 0 Å². The molecule has 1 saturated heterocycles. The molecule has 9 heavy (non-hydrogen) atoms. The van der Waals surface area contributed by atoms with Crippen LogP contribution in [0.5, 0.6) is 0 Å². The predicted octanol–water partition coefficient (Wildman–Crippen LogP) is 1.30. The quantitative estimate of drug-likeness (QED) is 0.578. The molecule has 0 atom stereocenters. The third kappa shape index (κ3) is 3.69. The number of likely N-dealkylation sites (tertiary alicyclic amines) is 1. The summed E-state index contributed by atoms with van der Waals surface area (Å²) in [6.07, 6.45) is 4.20. The summed E-state index contributed by atoms with van der Waals surface area (Å²) in [5.74, 6) is 0. The molecule has 51 valence electrons. The van der Waals surface area contributed by atoms with Crippen LogP contribution in [0.25, 0.3) is 0 Å². The van der Waals surface area contributed by atoms with Gasteiger partial charge in [0, 0.05) is 32.7 Å². The van der Waals surface area contributed by atoms with Crippen molar-refractivity contribution in [3.63, 3.8) is 0 Å². The Morgan fingerprint density at radius 3 is 2.00 bits per heavy atom. The van der Waals surface area contributed by atoms with Crippen molar-refractivity contribution < 1.29 is 32.7 Å². The molecular formula is C7H14NY-. The standard InChI is InChI=1S/C7H14N.Y/c1-2-8-6-4-3-5-7-8;/h1-7H2;/q-1;. The summed E-state index contributed by atoms with van der Waals surface area (Å²) in [6.45, 7) is 7.40. The molecule has 0 spiro atoms. The van der Waals surface area contributed by atoms with Crippen molar-refractivity contribution in [1.82, 2.24) is 4.90 Å². The minimum absolute atomic E-state index is 0. The maximum atomic E-state index is 3.84. The number of piperidine rings is 1. The average molecular weight is 201 g/mol. The normalized spacial score (nSPS) is 21.0. The SMILES string of the molecule is [CH2-]CN1CCCCC1.[Y]. The Morgan fingerprint density at radius 1 is 1.11 bits per heavy atom. The minimum Gasteiger partial charge on any atom is -0.333 e. The van der Waals surface area contributed by atoms with Crippen molar-refractivity contribution in [2.45, 2.75) is 19.3 Å². The van der Waals surface area contributed by atoms with E-state index in [1.165, 1.54) is 32.4 Å². The summed E-state index contributed by atoms with van der Waals surface area (Å²) in [7, 11) is 0. The Morgan fingerprint density at radius 2 is 1.67 bits per heavy atom. The van der Waals surface area contributed by atoms with E-state index in [0.29, 0.717) is 0 Å². The molecule has 1 aliphatic rings. The van der Waals surface area contributed by atoms with Gasteiger partial charge in [-0.05, 0) is 25.9 Å². The van der Waals surface area contributed by atoms with Gasteiger partial charge in [0.15, 0.2) is 0 Å². The van der Waals surface area contributed by atoms with Crippen molar-refractivity contribution in [2.24, 2.45) is 0 Å². The fourth-order valence-corrected chi connectivity index (χ4v) is 1.18. The fourth-order valence-electron chi connectivity index (χ4n) is 1.18. The van der Waals surface area contributed by atoms with Crippen molar-refractivity contribution in [2.75, 3.05) is 19.6 Å². The Labute approximate surface area is 83.1 Å². The molecule has 0 aliphatic carbocycles. The van der Waals surface area contributed by atoms with E-state index >= 15 is 0 Å². The van der Waals surface area contributed by atoms with Crippen molar-refractivity contribution in [3.05, 3.63) is 6.92 Å². The Kier molecular flexibility index (Phi) is 6.51. The van der Waals surface area contributed by atoms with Gasteiger partial charge in [-0.25, -0.2) is 0 Å². The maximum Gasteiger partial charge on any atom is 0 e. The van der Waals surface area contributed by atoms with Crippen LogP contribution < -0.4 is 0 Å². The maximum absolute atomic E-state index is 3.84. The average Bonchev–Trinajstić information content (AvgIpc) is 1.90. The molecule has 0 N–H and O–H groups in total. The van der Waals surface area contributed by atoms with Crippen molar-refractivity contribution in [1.29, 1.82) is 0 Å². The summed E-state index contributed by atoms with van der Waals surface area (Å²) in [6, 6.07) is 0. The predicted molar refractivity (Wildman–Crippen MR) is 35.6 cm³/mol. The van der Waals surface area contributed by atoms with Crippen LogP contribution in [-0.4, -0.2) is 24.5 Å². The molecular weight excluding hydrogens is 187 g/mol. The number of rotatable bonds is 1. The summed E-state index contributed by atoms with van der Waals surface area (Å²) < 4.78 is 0. The zero-order valence-electron chi connectivity index (χ0n) is 5.97. The van der Waals surface area contributed by atoms with Crippen LogP contribution in [0.3, 0.4) is 0 Å². The summed E-state index contributed by atoms with van der Waals surface area (Å²) in [5.41, 5.74) is 0. The molecule has 0 unspecified atom stereocenters. The van der Waals surface area contributed by atoms with Gasteiger partial charge >= 0.3 is 0 Å². The molecule has 0 aromatic rings. The number of hydrogen-bond acceptors (Lipinski definition) is 1. The largest absolute Gasteiger partial charge is 0.333 e. The van der Waals surface area contributed by atoms with Crippen molar-refractivity contribution >= 4 is 0 Å². The zero-order chi connectivity index (χ0) is 5.82. The Balaban J connectivity index is 0.000000640. The van der Waals surface area contributed by atoms with E-state index < -0.39 is 0 Å². The van der Waals surface area contributed by atoms with E-state index in [0.717, 1.165) is 6.54 Å². The topological polar surface area (TPSA) is 3.24 Å². The monoisotopic (exact) mass is 201 g/mol. The smallest absolute Gasteiger partial charge is 0 e. The van der Waals surface area contributed by atoms with Crippen LogP contribution >= 0.6 is 0 Å². The molecule has 1 rings (SSSR count). The summed E-state index contributed by atoms with van der Waals surface area (Å²) >= 11 is 0. The molecule has 0 saturated carbocycles. The zero-order valence-corrected chi connectivity index (χ0v) is 8.81. The first kappa shape index (κ1) is 10.1. The minimum atomic E-state index is 0. The molecule has 1 heterocycles. The fraction of sp³-hybridized carbons (Fsp3) is 0.857. The first-order valence-corrected chi connectivity index (χ1v) is 3.45. The molecule has 0 bridgehead atoms. The molecule has 0 amide bonds. The molecule has 1 nitrogen and oxygen atoms in total. The summed E-state index contributed by atoms with van der Waals surface area (Å²) in [5, 5.41) is 0. The van der Waals surface area contributed by atoms with Gasteiger partial charge in [-0.15, -0.1) is 6.54 Å². The van der Waals surface area contributed by atoms with E-state index in [9.17, 15) is 0 Å². The van der Waals surface area contributed by atoms with Crippen molar-refractivity contribution in [3.8, 4) is 0 Å². The van der Waals surface area contributed by atoms with Crippen LogP contribution in [0.15, 0.2) is 0 Å². The van der Waals surface area contributed by atoms with Crippen LogP contribution in [0.4, 0.5) is 0 Å². The van der Waals surface area contributed by atoms with Gasteiger partial charge in [0.1, 0.15) is 0 Å². The van der Waals surface area contributed by atoms with Gasteiger partial charge in [0.25, 0.3) is 0 Å². The first-order valence-electron chi connectivity index (χ1n) is 3.45. The van der Waals surface area contributed by atoms with Crippen LogP contribution in [0, 0.1) is 6.92 Å². The van der Waals surface area contributed by atoms with Gasteiger partial charge in [0.05, 0.1) is 0 Å². The first-order chi connectivity index (χ1) is 3.93. The van der Waals surface area contributed by atoms with Crippen LogP contribution in [-0.2, 0) is 32.7 Å². The van der Waals surface area contributed by atoms with E-state index in [2.05, 4.69) is 11.8 Å². The Bertz CT molecular complexity index is 59.9. The van der Waals surface area contributed by atoms with Gasteiger partial charge in [-0.3, -0.25) is 0 Å². The molecule has 0 aromatic carbocycles. The van der Waals surface area contributed by atoms with E-state index in [1.54, 1.807) is 0 Å². The third-order valence-electron chi connectivity index (χ3n) is 1.76. The second-order valence-corrected chi connectivity index (χ2v) is 2.40. The van der Waals surface area contributed by atoms with Gasteiger partial charge in [-0.1, -0.05) is 6.42 Å². The number of nitrogens with zero attached hydrogens (tertiary/aromatic N) is 1. The summed E-state index contributed by atoms with van der Waals surface area (Å²) in [4.78, 5) is 2.41. The van der Waals surface area contributed by atoms with Crippen LogP contribution in [0.1, 0.15) is 19.3 Å². The third-order valence-corrected chi connectivity index (χ3v) is 1.76. The Hall–Kier alpha value is 1.06. The second kappa shape index (κ2) is 5.82. The van der Waals surface area contributed by atoms with Gasteiger partial charge < -0.3 is 11.8 Å².